The first-order chi connectivity index (χ1) is 2.81. The molecule has 0 spiro atoms. The summed E-state index contributed by atoms with van der Waals surface area (Å²) in [7, 11) is 0. The average Bonchev–Trinajstić information content (AvgIpc) is 1.65. The average molecular weight is 76.0 g/mol. The monoisotopic (exact) mass is 76.0 g/mol. The lowest BCUT2D eigenvalue weighted by Gasteiger charge is -1.85. The van der Waals surface area contributed by atoms with Gasteiger partial charge in [-0.25, -0.2) is 0 Å². The highest BCUT2D eigenvalue weighted by atomic mass is 16.5. The Bertz CT molecular complexity index is 59.8. The molecule has 0 aromatic heterocycles. The van der Waals surface area contributed by atoms with Gasteiger partial charge in [-0.15, -0.1) is 0 Å². The summed E-state index contributed by atoms with van der Waals surface area (Å²) in [4.78, 5) is 0. The maximum Gasteiger partial charge on any atom is 0.296 e. The van der Waals surface area contributed by atoms with E-state index in [1.165, 1.54) is 0 Å². The Morgan fingerprint density at radius 2 is 2.80 bits per heavy atom. The van der Waals surface area contributed by atoms with Crippen LogP contribution < -0.4 is 5.11 Å². The molecule has 0 bridgehead atoms. The number of hydrogen-bond donors (Lipinski definition) is 2. The van der Waals surface area contributed by atoms with Crippen LogP contribution in [0.1, 0.15) is 0 Å². The Morgan fingerprint density at radius 1 is 2.20 bits per heavy atom. The Balaban J connectivity index is 3.22. The lowest BCUT2D eigenvalue weighted by molar-refractivity contribution is -0.282. The van der Waals surface area contributed by atoms with Crippen LogP contribution in [-0.2, 0) is 0 Å². The van der Waals surface area contributed by atoms with Gasteiger partial charge >= 0.3 is 0 Å². The summed E-state index contributed by atoms with van der Waals surface area (Å²) in [5.41, 5.74) is 0. The van der Waals surface area contributed by atoms with Crippen molar-refractivity contribution in [2.75, 3.05) is 0 Å². The molecule has 0 rings (SSSR count). The van der Waals surface area contributed by atoms with E-state index in [1.807, 2.05) is 0 Å². The first kappa shape index (κ1) is 2.38. The molecular weight excluding hydrogens is 72.0 g/mol. The van der Waals surface area contributed by atoms with Gasteiger partial charge in [-0.1, -0.05) is 6.26 Å². The minimum Gasteiger partial charge on any atom is -0.873 e. The van der Waals surface area contributed by atoms with Gasteiger partial charge in [0.15, 0.2) is 0 Å². The molecule has 0 atom stereocenters. The first-order valence-corrected chi connectivity index (χ1v) is 0.952. The smallest absolute Gasteiger partial charge is 0.296 e. The Hall–Kier alpha value is -0.860. The van der Waals surface area contributed by atoms with Crippen LogP contribution in [0.25, 0.3) is 1.43 Å². The van der Waals surface area contributed by atoms with E-state index < -0.39 is 5.95 Å². The van der Waals surface area contributed by atoms with E-state index in [0.29, 0.717) is 0 Å². The highest BCUT2D eigenvalue weighted by Crippen LogP contribution is 1.64. The van der Waals surface area contributed by atoms with E-state index in [4.69, 9.17) is 6.54 Å². The molecule has 0 heterocycles. The molecule has 30 valence electrons. The minimum atomic E-state index is -0.921. The molecule has 0 aliphatic heterocycles. The molecule has 0 amide bonds. The molecule has 3 heteroatoms. The van der Waals surface area contributed by atoms with E-state index in [2.05, 4.69) is 5.11 Å². The number of aliphatic hydroxyl groups is 2. The van der Waals surface area contributed by atoms with Gasteiger partial charge in [0.1, 0.15) is 0 Å². The molecule has 0 aromatic carbocycles. The highest BCUT2D eigenvalue weighted by Gasteiger charge is 1.61. The molecule has 0 unspecified atom stereocenters. The third-order valence-electron chi connectivity index (χ3n) is 0.101. The number of hydrogen-bond acceptors (Lipinski definition) is 3. The fourth-order valence-corrected chi connectivity index (χ4v) is 0. The maximum atomic E-state index is 9.20. The lowest BCUT2D eigenvalue weighted by Crippen LogP contribution is -1.89. The summed E-state index contributed by atoms with van der Waals surface area (Å²) in [5, 5.41) is 20.3. The summed E-state index contributed by atoms with van der Waals surface area (Å²) >= 11 is 0. The van der Waals surface area contributed by atoms with Crippen molar-refractivity contribution in [1.82, 2.24) is 0 Å². The molecule has 0 fully saturated rings. The zero-order chi connectivity index (χ0) is 4.99. The third-order valence-corrected chi connectivity index (χ3v) is 0.101. The molecule has 0 saturated heterocycles. The van der Waals surface area contributed by atoms with Crippen LogP contribution in [0, 0.1) is 0 Å². The van der Waals surface area contributed by atoms with Crippen molar-refractivity contribution in [1.29, 1.82) is 1.43 Å². The number of aliphatic hydroxyl groups excluding tert-OH is 1. The fraction of sp³-hybridized carbons (Fsp3) is 0. The van der Waals surface area contributed by atoms with E-state index >= 15 is 0 Å². The maximum absolute atomic E-state index is 9.20. The van der Waals surface area contributed by atoms with Crippen LogP contribution in [0.4, 0.5) is 0 Å². The summed E-state index contributed by atoms with van der Waals surface area (Å²) in [6, 6.07) is 0. The largest absolute Gasteiger partial charge is 0.873 e. The van der Waals surface area contributed by atoms with Crippen molar-refractivity contribution in [2.45, 2.75) is 0 Å². The quantitative estimate of drug-likeness (QED) is 0.404. The van der Waals surface area contributed by atoms with Gasteiger partial charge in [0, 0.05) is 0 Å². The van der Waals surface area contributed by atoms with E-state index in [1.54, 1.807) is 0 Å². The van der Waals surface area contributed by atoms with Crippen molar-refractivity contribution >= 4 is 0 Å². The molecule has 0 radical (unpaired) electrons. The van der Waals surface area contributed by atoms with Gasteiger partial charge in [0.25, 0.3) is 7.38 Å². The van der Waals surface area contributed by atoms with E-state index in [-0.39, 0.29) is 6.26 Å². The summed E-state index contributed by atoms with van der Waals surface area (Å²) in [6.45, 7) is 0. The molecule has 5 heavy (non-hydrogen) atoms. The van der Waals surface area contributed by atoms with Gasteiger partial charge in [-0.3, -0.25) is 0 Å². The predicted molar refractivity (Wildman–Crippen MR) is 13.3 cm³/mol. The second-order valence-electron chi connectivity index (χ2n) is 0.456. The standard InChI is InChI=1S/C2H4O3/c3-1-2(4)5/h1,3-5H/p-1/i/hD. The molecule has 3 nitrogen and oxygen atoms in total. The third kappa shape index (κ3) is 3.14. The molecule has 0 saturated carbocycles. The topological polar surface area (TPSA) is 63.5 Å². The number of rotatable bonds is 1. The second-order valence-corrected chi connectivity index (χ2v) is 0.456. The van der Waals surface area contributed by atoms with Crippen LogP contribution in [0.2, 0.25) is 0 Å². The van der Waals surface area contributed by atoms with Crippen molar-refractivity contribution in [3.05, 3.63) is 12.2 Å². The van der Waals surface area contributed by atoms with Crippen LogP contribution in [0.5, 0.6) is 0 Å². The summed E-state index contributed by atoms with van der Waals surface area (Å²) in [6.07, 6.45) is 0.0347. The summed E-state index contributed by atoms with van der Waals surface area (Å²) in [5.74, 6) is -0.921. The van der Waals surface area contributed by atoms with Gasteiger partial charge in [0.2, 0.25) is 0 Å². The lowest BCUT2D eigenvalue weighted by atomic mass is 11.0. The fourth-order valence-electron chi connectivity index (χ4n) is 0. The zero-order valence-electron chi connectivity index (χ0n) is 3.34. The second kappa shape index (κ2) is 1.46. The normalized spacial score (nSPS) is 13.6. The van der Waals surface area contributed by atoms with Crippen molar-refractivity contribution in [3.8, 4) is 0 Å². The predicted octanol–water partition coefficient (Wildman–Crippen LogP) is -0.738. The Labute approximate surface area is 30.3 Å². The zero-order valence-corrected chi connectivity index (χ0v) is 2.34. The first-order valence-electron chi connectivity index (χ1n) is 1.36. The van der Waals surface area contributed by atoms with E-state index in [9.17, 15) is 5.11 Å². The minimum absolute atomic E-state index is 0.0347. The van der Waals surface area contributed by atoms with Crippen molar-refractivity contribution < 1.29 is 15.3 Å². The van der Waals surface area contributed by atoms with Crippen LogP contribution >= 0.6 is 0 Å². The Kier molecular flexibility index (Phi) is 0.695. The molecular formula is C2H3O3-. The molecule has 0 aliphatic rings. The Morgan fingerprint density at radius 3 is 2.80 bits per heavy atom. The van der Waals surface area contributed by atoms with Crippen molar-refractivity contribution in [3.63, 3.8) is 0 Å². The van der Waals surface area contributed by atoms with Gasteiger partial charge in [-0.05, 0) is 0 Å². The summed E-state index contributed by atoms with van der Waals surface area (Å²) < 4.78 is 5.79. The molecule has 0 aromatic rings. The van der Waals surface area contributed by atoms with E-state index in [0.717, 1.165) is 0 Å². The van der Waals surface area contributed by atoms with Crippen LogP contribution in [0.15, 0.2) is 12.2 Å². The van der Waals surface area contributed by atoms with Crippen LogP contribution in [-0.4, -0.2) is 10.2 Å². The molecule has 0 aliphatic carbocycles. The van der Waals surface area contributed by atoms with Gasteiger partial charge in [0.05, 0.1) is 0 Å². The van der Waals surface area contributed by atoms with Gasteiger partial charge < -0.3 is 15.3 Å². The van der Waals surface area contributed by atoms with Crippen molar-refractivity contribution in [2.24, 2.45) is 0 Å². The van der Waals surface area contributed by atoms with Crippen LogP contribution in [0.3, 0.4) is 0 Å². The SMILES string of the molecule is [2H]O/C(O)=C/[O-]. The highest BCUT2D eigenvalue weighted by molar-refractivity contribution is 4.61. The molecule has 2 N–H and O–H groups in total. The van der Waals surface area contributed by atoms with Gasteiger partial charge in [-0.2, -0.15) is 0 Å².